The molecule has 1 N–H and O–H groups in total. The molecule has 1 aromatic carbocycles. The lowest BCUT2D eigenvalue weighted by molar-refractivity contribution is -0.127. The average Bonchev–Trinajstić information content (AvgIpc) is 3.07. The molecule has 3 rings (SSSR count). The van der Waals surface area contributed by atoms with E-state index < -0.39 is 6.04 Å². The molecule has 24 heavy (non-hydrogen) atoms. The molecule has 1 aromatic heterocycles. The summed E-state index contributed by atoms with van der Waals surface area (Å²) < 4.78 is 0. The zero-order chi connectivity index (χ0) is 17.3. The lowest BCUT2D eigenvalue weighted by Crippen LogP contribution is -2.55. The Labute approximate surface area is 144 Å². The molecule has 0 bridgehead atoms. The van der Waals surface area contributed by atoms with Crippen molar-refractivity contribution in [1.29, 1.82) is 0 Å². The molecule has 6 heteroatoms. The van der Waals surface area contributed by atoms with Crippen LogP contribution in [-0.4, -0.2) is 41.6 Å². The maximum atomic E-state index is 12.6. The molecule has 0 radical (unpaired) electrons. The minimum Gasteiger partial charge on any atom is -0.353 e. The van der Waals surface area contributed by atoms with Gasteiger partial charge >= 0.3 is 0 Å². The van der Waals surface area contributed by atoms with E-state index in [0.29, 0.717) is 18.7 Å². The summed E-state index contributed by atoms with van der Waals surface area (Å²) in [7, 11) is 0. The predicted octanol–water partition coefficient (Wildman–Crippen LogP) is 2.58. The van der Waals surface area contributed by atoms with Crippen LogP contribution in [0.3, 0.4) is 0 Å². The number of hydrogen-bond donors (Lipinski definition) is 1. The Kier molecular flexibility index (Phi) is 4.49. The van der Waals surface area contributed by atoms with Gasteiger partial charge in [0.2, 0.25) is 5.91 Å². The number of carbonyl (C=O) groups is 3. The van der Waals surface area contributed by atoms with Gasteiger partial charge in [0.05, 0.1) is 4.88 Å². The molecule has 1 aliphatic rings. The van der Waals surface area contributed by atoms with Crippen molar-refractivity contribution < 1.29 is 14.4 Å². The normalized spacial score (nSPS) is 17.5. The van der Waals surface area contributed by atoms with Crippen LogP contribution in [0, 0.1) is 0 Å². The maximum absolute atomic E-state index is 12.6. The number of Topliss-reactive ketones (excluding diaryl/α,β-unsaturated/α-hetero) is 1. The summed E-state index contributed by atoms with van der Waals surface area (Å²) in [4.78, 5) is 38.3. The van der Waals surface area contributed by atoms with Gasteiger partial charge in [-0.15, -0.1) is 11.3 Å². The van der Waals surface area contributed by atoms with Crippen molar-refractivity contribution >= 4 is 28.9 Å². The van der Waals surface area contributed by atoms with Crippen molar-refractivity contribution in [3.63, 3.8) is 0 Å². The minimum absolute atomic E-state index is 0.0355. The molecule has 1 aliphatic heterocycles. The van der Waals surface area contributed by atoms with Gasteiger partial charge in [-0.1, -0.05) is 12.1 Å². The molecule has 124 valence electrons. The fraction of sp³-hybridized carbons (Fsp3) is 0.278. The third kappa shape index (κ3) is 2.97. The van der Waals surface area contributed by atoms with Gasteiger partial charge in [-0.05, 0) is 43.0 Å². The fourth-order valence-corrected chi connectivity index (χ4v) is 3.65. The Morgan fingerprint density at radius 1 is 1.21 bits per heavy atom. The molecule has 2 aromatic rings. The van der Waals surface area contributed by atoms with Crippen molar-refractivity contribution in [2.24, 2.45) is 0 Å². The van der Waals surface area contributed by atoms with E-state index in [1.165, 1.54) is 11.3 Å². The summed E-state index contributed by atoms with van der Waals surface area (Å²) in [5.41, 5.74) is 2.33. The number of benzene rings is 1. The summed E-state index contributed by atoms with van der Waals surface area (Å²) in [6.07, 6.45) is 0. The first kappa shape index (κ1) is 16.4. The van der Waals surface area contributed by atoms with Gasteiger partial charge in [-0.25, -0.2) is 0 Å². The third-order valence-corrected chi connectivity index (χ3v) is 5.20. The molecule has 1 fully saturated rings. The van der Waals surface area contributed by atoms with Crippen molar-refractivity contribution in [3.05, 3.63) is 46.2 Å². The zero-order valence-electron chi connectivity index (χ0n) is 13.5. The molecular formula is C18H18N2O3S. The first-order valence-corrected chi connectivity index (χ1v) is 8.64. The number of amides is 2. The number of hydrogen-bond acceptors (Lipinski definition) is 4. The van der Waals surface area contributed by atoms with Crippen molar-refractivity contribution in [3.8, 4) is 11.1 Å². The topological polar surface area (TPSA) is 66.5 Å². The molecule has 0 unspecified atom stereocenters. The van der Waals surface area contributed by atoms with Gasteiger partial charge in [0.1, 0.15) is 6.04 Å². The number of thiophene rings is 1. The van der Waals surface area contributed by atoms with E-state index in [4.69, 9.17) is 0 Å². The standard InChI is InChI=1S/C18H18N2O3S/c1-11-17(22)19-8-9-20(11)18(23)14-5-3-13(4-6-14)15-7-10-24-16(15)12(2)21/h3-7,10-11H,8-9H2,1-2H3,(H,19,22)/t11-/m1/s1. The van der Waals surface area contributed by atoms with Crippen LogP contribution in [0.1, 0.15) is 33.9 Å². The van der Waals surface area contributed by atoms with Gasteiger partial charge in [0.15, 0.2) is 5.78 Å². The van der Waals surface area contributed by atoms with Crippen LogP contribution in [0.4, 0.5) is 0 Å². The van der Waals surface area contributed by atoms with E-state index in [-0.39, 0.29) is 17.6 Å². The van der Waals surface area contributed by atoms with E-state index in [0.717, 1.165) is 16.0 Å². The van der Waals surface area contributed by atoms with Crippen LogP contribution in [-0.2, 0) is 4.79 Å². The molecular weight excluding hydrogens is 324 g/mol. The highest BCUT2D eigenvalue weighted by Gasteiger charge is 2.29. The summed E-state index contributed by atoms with van der Waals surface area (Å²) in [6, 6.07) is 8.63. The van der Waals surface area contributed by atoms with Gasteiger partial charge < -0.3 is 10.2 Å². The Balaban J connectivity index is 1.84. The highest BCUT2D eigenvalue weighted by atomic mass is 32.1. The van der Waals surface area contributed by atoms with Gasteiger partial charge in [-0.3, -0.25) is 14.4 Å². The van der Waals surface area contributed by atoms with E-state index in [1.807, 2.05) is 23.6 Å². The molecule has 2 heterocycles. The average molecular weight is 342 g/mol. The van der Waals surface area contributed by atoms with Crippen LogP contribution < -0.4 is 5.32 Å². The van der Waals surface area contributed by atoms with E-state index in [2.05, 4.69) is 5.32 Å². The van der Waals surface area contributed by atoms with Crippen LogP contribution in [0.2, 0.25) is 0 Å². The van der Waals surface area contributed by atoms with Crippen molar-refractivity contribution in [2.45, 2.75) is 19.9 Å². The highest BCUT2D eigenvalue weighted by Crippen LogP contribution is 2.29. The van der Waals surface area contributed by atoms with Crippen LogP contribution in [0.15, 0.2) is 35.7 Å². The fourth-order valence-electron chi connectivity index (χ4n) is 2.83. The minimum atomic E-state index is -0.466. The molecule has 0 aliphatic carbocycles. The first-order valence-electron chi connectivity index (χ1n) is 7.76. The molecule has 1 atom stereocenters. The predicted molar refractivity (Wildman–Crippen MR) is 93.3 cm³/mol. The van der Waals surface area contributed by atoms with Crippen LogP contribution in [0.25, 0.3) is 11.1 Å². The van der Waals surface area contributed by atoms with Crippen molar-refractivity contribution in [1.82, 2.24) is 10.2 Å². The highest BCUT2D eigenvalue weighted by molar-refractivity contribution is 7.12. The lowest BCUT2D eigenvalue weighted by Gasteiger charge is -2.32. The van der Waals surface area contributed by atoms with E-state index >= 15 is 0 Å². The smallest absolute Gasteiger partial charge is 0.254 e. The molecule has 0 saturated carbocycles. The number of rotatable bonds is 3. The third-order valence-electron chi connectivity index (χ3n) is 4.19. The van der Waals surface area contributed by atoms with Crippen LogP contribution in [0.5, 0.6) is 0 Å². The van der Waals surface area contributed by atoms with Gasteiger partial charge in [0.25, 0.3) is 5.91 Å². The number of ketones is 1. The second-order valence-electron chi connectivity index (χ2n) is 5.76. The van der Waals surface area contributed by atoms with Gasteiger partial charge in [0, 0.05) is 24.2 Å². The summed E-state index contributed by atoms with van der Waals surface area (Å²) in [6.45, 7) is 4.26. The van der Waals surface area contributed by atoms with Gasteiger partial charge in [-0.2, -0.15) is 0 Å². The lowest BCUT2D eigenvalue weighted by atomic mass is 10.0. The molecule has 5 nitrogen and oxygen atoms in total. The quantitative estimate of drug-likeness (QED) is 0.872. The second kappa shape index (κ2) is 6.57. The number of carbonyl (C=O) groups excluding carboxylic acids is 3. The van der Waals surface area contributed by atoms with Crippen LogP contribution >= 0.6 is 11.3 Å². The second-order valence-corrected chi connectivity index (χ2v) is 6.68. The molecule has 2 amide bonds. The Hall–Kier alpha value is -2.47. The van der Waals surface area contributed by atoms with E-state index in [9.17, 15) is 14.4 Å². The Bertz CT molecular complexity index is 795. The Morgan fingerprint density at radius 3 is 2.58 bits per heavy atom. The SMILES string of the molecule is CC(=O)c1sccc1-c1ccc(C(=O)N2CCNC(=O)[C@H]2C)cc1. The largest absolute Gasteiger partial charge is 0.353 e. The molecule has 0 spiro atoms. The summed E-state index contributed by atoms with van der Waals surface area (Å²) in [5.74, 6) is -0.245. The summed E-state index contributed by atoms with van der Waals surface area (Å²) in [5, 5.41) is 4.64. The monoisotopic (exact) mass is 342 g/mol. The number of nitrogens with zero attached hydrogens (tertiary/aromatic N) is 1. The number of nitrogens with one attached hydrogen (secondary N) is 1. The van der Waals surface area contributed by atoms with Crippen molar-refractivity contribution in [2.75, 3.05) is 13.1 Å². The summed E-state index contributed by atoms with van der Waals surface area (Å²) >= 11 is 1.42. The molecule has 1 saturated heterocycles. The Morgan fingerprint density at radius 2 is 1.92 bits per heavy atom. The van der Waals surface area contributed by atoms with E-state index in [1.54, 1.807) is 30.9 Å². The maximum Gasteiger partial charge on any atom is 0.254 e. The first-order chi connectivity index (χ1) is 11.5. The number of piperazine rings is 1. The zero-order valence-corrected chi connectivity index (χ0v) is 14.4.